The van der Waals surface area contributed by atoms with E-state index >= 15 is 0 Å². The molecule has 7 N–H and O–H groups in total. The fraction of sp³-hybridized carbons (Fsp3) is 0.0303. The smallest absolute Gasteiger partial charge is 0.294 e. The van der Waals surface area contributed by atoms with Crippen LogP contribution in [0.5, 0.6) is 17.2 Å². The third-order valence-electron chi connectivity index (χ3n) is 7.56. The van der Waals surface area contributed by atoms with Crippen molar-refractivity contribution in [1.82, 2.24) is 0 Å². The van der Waals surface area contributed by atoms with Gasteiger partial charge in [-0.15, -0.1) is 29.9 Å². The van der Waals surface area contributed by atoms with Gasteiger partial charge in [0.15, 0.2) is 5.75 Å². The second kappa shape index (κ2) is 15.8. The molecule has 278 valence electrons. The quantitative estimate of drug-likeness (QED) is 0.0200. The second-order valence-corrected chi connectivity index (χ2v) is 14.6. The highest BCUT2D eigenvalue weighted by Crippen LogP contribution is 2.54. The molecule has 0 aromatic heterocycles. The van der Waals surface area contributed by atoms with Gasteiger partial charge in [0.25, 0.3) is 10.1 Å². The van der Waals surface area contributed by atoms with Crippen LogP contribution >= 0.6 is 22.9 Å². The van der Waals surface area contributed by atoms with Crippen LogP contribution in [0.2, 0.25) is 0 Å². The standard InChI is InChI=1S/C33H26N6O12S3/c1-49-30-17-27(37-39-32-31(54(46,47)48)14-18-4-2-3-5-22(18)33(32)41)29(40)16-28(30)38-36-26-13-12-25(23-11-10-21(15-24(23)26)53(43,44)45)35-34-19-6-8-20(9-7-19)52-51-50-42/h2-17,40-42,46-48H,1H3,(H,43,44,45). The Balaban J connectivity index is 1.35. The number of aromatic hydroxyl groups is 2. The third kappa shape index (κ3) is 8.45. The number of ether oxygens (including phenoxy) is 1. The van der Waals surface area contributed by atoms with Gasteiger partial charge in [-0.3, -0.25) is 4.55 Å². The highest BCUT2D eigenvalue weighted by atomic mass is 32.3. The largest absolute Gasteiger partial charge is 0.506 e. The molecule has 0 aliphatic heterocycles. The van der Waals surface area contributed by atoms with Crippen LogP contribution in [0, 0.1) is 0 Å². The molecule has 0 spiro atoms. The van der Waals surface area contributed by atoms with E-state index in [4.69, 9.17) is 9.99 Å². The van der Waals surface area contributed by atoms with Crippen molar-refractivity contribution in [3.8, 4) is 17.2 Å². The molecule has 0 unspecified atom stereocenters. The molecule has 18 nitrogen and oxygen atoms in total. The third-order valence-corrected chi connectivity index (χ3v) is 9.91. The Morgan fingerprint density at radius 2 is 1.31 bits per heavy atom. The second-order valence-electron chi connectivity index (χ2n) is 10.9. The number of fused-ring (bicyclic) bond motifs is 2. The number of rotatable bonds is 12. The molecule has 0 bridgehead atoms. The van der Waals surface area contributed by atoms with E-state index in [0.29, 0.717) is 27.0 Å². The summed E-state index contributed by atoms with van der Waals surface area (Å²) >= 11 is 0.766. The maximum atomic E-state index is 12.0. The van der Waals surface area contributed by atoms with Crippen molar-refractivity contribution in [2.45, 2.75) is 14.7 Å². The van der Waals surface area contributed by atoms with Gasteiger partial charge in [-0.05, 0) is 60.0 Å². The van der Waals surface area contributed by atoms with E-state index in [9.17, 15) is 36.8 Å². The van der Waals surface area contributed by atoms with Crippen LogP contribution in [0.25, 0.3) is 21.5 Å². The summed E-state index contributed by atoms with van der Waals surface area (Å²) in [5.74, 6) is -0.946. The molecule has 21 heteroatoms. The summed E-state index contributed by atoms with van der Waals surface area (Å²) in [4.78, 5) is -0.314. The predicted molar refractivity (Wildman–Crippen MR) is 197 cm³/mol. The van der Waals surface area contributed by atoms with E-state index in [1.807, 2.05) is 0 Å². The molecule has 0 aliphatic carbocycles. The molecule has 0 heterocycles. The molecular weight excluding hydrogens is 769 g/mol. The van der Waals surface area contributed by atoms with Gasteiger partial charge < -0.3 is 28.6 Å². The topological polar surface area (TPSA) is 278 Å². The lowest BCUT2D eigenvalue weighted by atomic mass is 10.1. The fourth-order valence-electron chi connectivity index (χ4n) is 5.04. The maximum Gasteiger partial charge on any atom is 0.294 e. The lowest BCUT2D eigenvalue weighted by Crippen LogP contribution is -1.97. The first-order chi connectivity index (χ1) is 25.8. The average Bonchev–Trinajstić information content (AvgIpc) is 3.15. The van der Waals surface area contributed by atoms with Crippen LogP contribution in [-0.4, -0.2) is 49.2 Å². The monoisotopic (exact) mass is 794 g/mol. The van der Waals surface area contributed by atoms with Crippen molar-refractivity contribution in [3.63, 3.8) is 0 Å². The minimum Gasteiger partial charge on any atom is -0.506 e. The molecule has 6 rings (SSSR count). The number of phenols is 2. The van der Waals surface area contributed by atoms with Gasteiger partial charge in [0.05, 0.1) is 46.0 Å². The molecule has 6 aromatic carbocycles. The van der Waals surface area contributed by atoms with E-state index in [1.54, 1.807) is 54.6 Å². The van der Waals surface area contributed by atoms with Gasteiger partial charge in [0.2, 0.25) is 0 Å². The van der Waals surface area contributed by atoms with Crippen LogP contribution in [0.3, 0.4) is 0 Å². The van der Waals surface area contributed by atoms with Gasteiger partial charge >= 0.3 is 0 Å². The van der Waals surface area contributed by atoms with Gasteiger partial charge in [-0.2, -0.15) is 13.5 Å². The van der Waals surface area contributed by atoms with Crippen LogP contribution in [0.1, 0.15) is 0 Å². The summed E-state index contributed by atoms with van der Waals surface area (Å²) in [6, 6.07) is 23.4. The van der Waals surface area contributed by atoms with E-state index in [1.165, 1.54) is 43.5 Å². The van der Waals surface area contributed by atoms with E-state index in [2.05, 4.69) is 40.1 Å². The summed E-state index contributed by atoms with van der Waals surface area (Å²) in [7, 11) is -7.68. The normalized spacial score (nSPS) is 12.9. The summed E-state index contributed by atoms with van der Waals surface area (Å²) in [6.07, 6.45) is 0. The lowest BCUT2D eigenvalue weighted by molar-refractivity contribution is -0.432. The van der Waals surface area contributed by atoms with Crippen molar-refractivity contribution >= 4 is 88.7 Å². The maximum absolute atomic E-state index is 12.0. The van der Waals surface area contributed by atoms with Gasteiger partial charge in [-0.25, -0.2) is 5.26 Å². The van der Waals surface area contributed by atoms with Crippen LogP contribution < -0.4 is 4.74 Å². The number of methoxy groups -OCH3 is 1. The molecule has 6 aromatic rings. The molecule has 0 amide bonds. The SMILES string of the molecule is COc1cc(N=Nc2c(S(O)(O)O)cc3ccccc3c2O)c(O)cc1N=Nc1ccc(N=Nc2ccc(SOOO)cc2)c2ccc(S(=O)(=O)O)cc12. The Bertz CT molecular complexity index is 2580. The van der Waals surface area contributed by atoms with E-state index in [-0.39, 0.29) is 33.6 Å². The Hall–Kier alpha value is -5.59. The fourth-order valence-corrected chi connectivity index (χ4v) is 6.59. The van der Waals surface area contributed by atoms with E-state index in [0.717, 1.165) is 18.1 Å². The molecular formula is C33H26N6O12S3. The first-order valence-electron chi connectivity index (χ1n) is 15.0. The molecule has 0 fully saturated rings. The number of hydrogen-bond acceptors (Lipinski definition) is 18. The minimum atomic E-state index is -4.62. The Morgan fingerprint density at radius 3 is 2.00 bits per heavy atom. The predicted octanol–water partition coefficient (Wildman–Crippen LogP) is 10.9. The van der Waals surface area contributed by atoms with Crippen molar-refractivity contribution in [2.24, 2.45) is 30.7 Å². The highest BCUT2D eigenvalue weighted by molar-refractivity contribution is 8.19. The van der Waals surface area contributed by atoms with Gasteiger partial charge in [-0.1, -0.05) is 35.4 Å². The Labute approximate surface area is 310 Å². The number of nitrogens with zero attached hydrogens (tertiary/aromatic N) is 6. The number of phenolic OH excluding ortho intramolecular Hbond substituents is 2. The van der Waals surface area contributed by atoms with Crippen molar-refractivity contribution < 1.29 is 56.2 Å². The van der Waals surface area contributed by atoms with Crippen molar-refractivity contribution in [3.05, 3.63) is 97.1 Å². The first kappa shape index (κ1) is 38.1. The first-order valence-corrected chi connectivity index (χ1v) is 18.7. The summed E-state index contributed by atoms with van der Waals surface area (Å²) in [5.41, 5.74) is 0.244. The Morgan fingerprint density at radius 1 is 0.648 bits per heavy atom. The average molecular weight is 795 g/mol. The highest BCUT2D eigenvalue weighted by Gasteiger charge is 2.25. The molecule has 0 atom stereocenters. The van der Waals surface area contributed by atoms with Crippen molar-refractivity contribution in [1.29, 1.82) is 0 Å². The van der Waals surface area contributed by atoms with Gasteiger partial charge in [0.1, 0.15) is 39.4 Å². The summed E-state index contributed by atoms with van der Waals surface area (Å²) < 4.78 is 73.7. The zero-order chi connectivity index (χ0) is 38.6. The molecule has 0 saturated heterocycles. The molecule has 54 heavy (non-hydrogen) atoms. The minimum absolute atomic E-state index is 0.00635. The van der Waals surface area contributed by atoms with Gasteiger partial charge in [0, 0.05) is 33.2 Å². The number of benzene rings is 6. The number of hydrogen-bond donors (Lipinski definition) is 7. The summed E-state index contributed by atoms with van der Waals surface area (Å²) in [5, 5.41) is 59.7. The lowest BCUT2D eigenvalue weighted by Gasteiger charge is -2.22. The van der Waals surface area contributed by atoms with Crippen LogP contribution in [-0.2, 0) is 19.5 Å². The zero-order valence-electron chi connectivity index (χ0n) is 27.3. The Kier molecular flexibility index (Phi) is 11.2. The summed E-state index contributed by atoms with van der Waals surface area (Å²) in [6.45, 7) is 0. The zero-order valence-corrected chi connectivity index (χ0v) is 29.8. The molecule has 0 aliphatic rings. The molecule has 0 radical (unpaired) electrons. The number of azo groups is 3. The van der Waals surface area contributed by atoms with E-state index < -0.39 is 48.0 Å². The van der Waals surface area contributed by atoms with Crippen LogP contribution in [0.15, 0.2) is 142 Å². The van der Waals surface area contributed by atoms with Crippen molar-refractivity contribution in [2.75, 3.05) is 7.11 Å². The van der Waals surface area contributed by atoms with Crippen LogP contribution in [0.4, 0.5) is 34.1 Å². The molecule has 0 saturated carbocycles.